The lowest BCUT2D eigenvalue weighted by Crippen LogP contribution is -2.30. The van der Waals surface area contributed by atoms with E-state index in [9.17, 15) is 9.59 Å². The van der Waals surface area contributed by atoms with Gasteiger partial charge in [0.2, 0.25) is 0 Å². The molecule has 6 nitrogen and oxygen atoms in total. The molecule has 0 aromatic heterocycles. The van der Waals surface area contributed by atoms with Crippen LogP contribution in [0.3, 0.4) is 0 Å². The number of amides is 1. The molecule has 1 atom stereocenters. The average molecular weight is 452 g/mol. The van der Waals surface area contributed by atoms with Crippen LogP contribution in [0.15, 0.2) is 42.5 Å². The first-order chi connectivity index (χ1) is 14.3. The van der Waals surface area contributed by atoms with Crippen LogP contribution in [0.2, 0.25) is 10.0 Å². The summed E-state index contributed by atoms with van der Waals surface area (Å²) in [5.74, 6) is -0.180. The molecule has 30 heavy (non-hydrogen) atoms. The van der Waals surface area contributed by atoms with E-state index in [0.717, 1.165) is 5.56 Å². The molecule has 1 N–H and O–H groups in total. The van der Waals surface area contributed by atoms with Crippen LogP contribution in [-0.4, -0.2) is 32.2 Å². The number of methoxy groups -OCH3 is 1. The fourth-order valence-electron chi connectivity index (χ4n) is 2.61. The molecule has 0 saturated heterocycles. The van der Waals surface area contributed by atoms with Crippen molar-refractivity contribution in [3.8, 4) is 11.5 Å². The first-order valence-electron chi connectivity index (χ1n) is 9.24. The Kier molecular flexibility index (Phi) is 9.02. The lowest BCUT2D eigenvalue weighted by Gasteiger charge is -2.14. The molecule has 2 aromatic carbocycles. The fourth-order valence-corrected chi connectivity index (χ4v) is 3.03. The van der Waals surface area contributed by atoms with E-state index in [1.165, 1.54) is 19.3 Å². The van der Waals surface area contributed by atoms with Gasteiger partial charge in [0, 0.05) is 11.1 Å². The molecule has 0 spiro atoms. The molecular formula is C22H23Cl2NO5. The highest BCUT2D eigenvalue weighted by Crippen LogP contribution is 2.36. The minimum atomic E-state index is -0.658. The van der Waals surface area contributed by atoms with Gasteiger partial charge in [-0.05, 0) is 55.3 Å². The number of rotatable bonds is 9. The number of benzene rings is 2. The molecule has 1 amide bonds. The fraction of sp³-hybridized carbons (Fsp3) is 0.273. The Labute approximate surface area is 185 Å². The smallest absolute Gasteiger partial charge is 0.331 e. The highest BCUT2D eigenvalue weighted by Gasteiger charge is 2.12. The van der Waals surface area contributed by atoms with Gasteiger partial charge in [0.1, 0.15) is 0 Å². The molecule has 0 heterocycles. The number of carbonyl (C=O) groups is 2. The van der Waals surface area contributed by atoms with E-state index in [-0.39, 0.29) is 6.04 Å². The molecule has 8 heteroatoms. The molecule has 0 fully saturated rings. The van der Waals surface area contributed by atoms with Crippen molar-refractivity contribution < 1.29 is 23.8 Å². The number of carbonyl (C=O) groups excluding carboxylic acids is 2. The van der Waals surface area contributed by atoms with Crippen LogP contribution in [0.25, 0.3) is 6.08 Å². The Hall–Kier alpha value is -2.70. The molecule has 2 rings (SSSR count). The zero-order valence-electron chi connectivity index (χ0n) is 16.9. The maximum atomic E-state index is 12.0. The molecular weight excluding hydrogens is 429 g/mol. The summed E-state index contributed by atoms with van der Waals surface area (Å²) in [6, 6.07) is 10.2. The number of ether oxygens (including phenoxy) is 3. The Morgan fingerprint density at radius 1 is 1.17 bits per heavy atom. The van der Waals surface area contributed by atoms with E-state index in [4.69, 9.17) is 37.4 Å². The van der Waals surface area contributed by atoms with Crippen LogP contribution < -0.4 is 14.8 Å². The van der Waals surface area contributed by atoms with E-state index in [0.29, 0.717) is 33.7 Å². The molecule has 2 aromatic rings. The Morgan fingerprint density at radius 2 is 1.87 bits per heavy atom. The number of nitrogens with one attached hydrogen (secondary N) is 1. The third-order valence-electron chi connectivity index (χ3n) is 4.04. The number of hydrogen-bond acceptors (Lipinski definition) is 5. The van der Waals surface area contributed by atoms with Crippen molar-refractivity contribution in [1.82, 2.24) is 5.32 Å². The lowest BCUT2D eigenvalue weighted by atomic mass is 10.1. The first kappa shape index (κ1) is 23.6. The van der Waals surface area contributed by atoms with Crippen molar-refractivity contribution in [3.63, 3.8) is 0 Å². The van der Waals surface area contributed by atoms with Gasteiger partial charge >= 0.3 is 5.97 Å². The first-order valence-corrected chi connectivity index (χ1v) is 9.99. The summed E-state index contributed by atoms with van der Waals surface area (Å²) in [7, 11) is 1.50. The third-order valence-corrected chi connectivity index (χ3v) is 4.57. The number of esters is 1. The predicted octanol–water partition coefficient (Wildman–Crippen LogP) is 4.83. The van der Waals surface area contributed by atoms with Crippen LogP contribution in [0.1, 0.15) is 31.0 Å². The summed E-state index contributed by atoms with van der Waals surface area (Å²) < 4.78 is 15.7. The summed E-state index contributed by atoms with van der Waals surface area (Å²) in [5, 5.41) is 3.72. The van der Waals surface area contributed by atoms with Gasteiger partial charge in [0.15, 0.2) is 18.1 Å². The molecule has 0 radical (unpaired) electrons. The monoisotopic (exact) mass is 451 g/mol. The minimum Gasteiger partial charge on any atom is -0.491 e. The molecule has 1 unspecified atom stereocenters. The van der Waals surface area contributed by atoms with Gasteiger partial charge in [0.25, 0.3) is 5.91 Å². The van der Waals surface area contributed by atoms with Crippen molar-refractivity contribution in [2.45, 2.75) is 19.9 Å². The average Bonchev–Trinajstić information content (AvgIpc) is 2.71. The molecule has 0 saturated carbocycles. The second-order valence-electron chi connectivity index (χ2n) is 6.25. The van der Waals surface area contributed by atoms with E-state index in [2.05, 4.69) is 5.32 Å². The molecule has 0 aliphatic rings. The van der Waals surface area contributed by atoms with Gasteiger partial charge in [-0.15, -0.1) is 0 Å². The van der Waals surface area contributed by atoms with Crippen molar-refractivity contribution >= 4 is 41.2 Å². The van der Waals surface area contributed by atoms with Gasteiger partial charge in [0.05, 0.1) is 24.8 Å². The minimum absolute atomic E-state index is 0.248. The Bertz CT molecular complexity index is 912. The van der Waals surface area contributed by atoms with Gasteiger partial charge < -0.3 is 19.5 Å². The van der Waals surface area contributed by atoms with E-state index < -0.39 is 18.5 Å². The summed E-state index contributed by atoms with van der Waals surface area (Å²) in [5.41, 5.74) is 1.52. The van der Waals surface area contributed by atoms with Gasteiger partial charge in [-0.2, -0.15) is 0 Å². The Balaban J connectivity index is 1.90. The Morgan fingerprint density at radius 3 is 2.50 bits per heavy atom. The van der Waals surface area contributed by atoms with Crippen molar-refractivity contribution in [3.05, 3.63) is 63.6 Å². The maximum absolute atomic E-state index is 12.0. The van der Waals surface area contributed by atoms with Crippen molar-refractivity contribution in [2.75, 3.05) is 20.3 Å². The lowest BCUT2D eigenvalue weighted by molar-refractivity contribution is -0.144. The van der Waals surface area contributed by atoms with Crippen LogP contribution in [0.5, 0.6) is 11.5 Å². The largest absolute Gasteiger partial charge is 0.491 e. The molecule has 0 aliphatic carbocycles. The highest BCUT2D eigenvalue weighted by atomic mass is 35.5. The summed E-state index contributed by atoms with van der Waals surface area (Å²) in [6.45, 7) is 3.71. The normalized spacial score (nSPS) is 11.8. The van der Waals surface area contributed by atoms with E-state index in [1.807, 2.05) is 26.0 Å². The zero-order valence-corrected chi connectivity index (χ0v) is 18.4. The predicted molar refractivity (Wildman–Crippen MR) is 117 cm³/mol. The maximum Gasteiger partial charge on any atom is 0.331 e. The second kappa shape index (κ2) is 11.5. The molecule has 0 aliphatic heterocycles. The van der Waals surface area contributed by atoms with Crippen molar-refractivity contribution in [1.29, 1.82) is 0 Å². The van der Waals surface area contributed by atoms with Crippen LogP contribution in [0.4, 0.5) is 0 Å². The van der Waals surface area contributed by atoms with E-state index >= 15 is 0 Å². The van der Waals surface area contributed by atoms with Crippen LogP contribution in [0, 0.1) is 0 Å². The number of hydrogen-bond donors (Lipinski definition) is 1. The van der Waals surface area contributed by atoms with Crippen molar-refractivity contribution in [2.24, 2.45) is 0 Å². The van der Waals surface area contributed by atoms with Gasteiger partial charge in [-0.3, -0.25) is 4.79 Å². The molecule has 160 valence electrons. The quantitative estimate of drug-likeness (QED) is 0.436. The second-order valence-corrected chi connectivity index (χ2v) is 7.09. The SMILES string of the molecule is CCOc1cc(/C=C/C(=O)OCC(=O)NC(C)c2ccc(Cl)cc2)cc(Cl)c1OC. The summed E-state index contributed by atoms with van der Waals surface area (Å²) >= 11 is 12.0. The summed E-state index contributed by atoms with van der Waals surface area (Å²) in [6.07, 6.45) is 2.73. The topological polar surface area (TPSA) is 73.9 Å². The van der Waals surface area contributed by atoms with Crippen LogP contribution in [-0.2, 0) is 14.3 Å². The number of halogens is 2. The van der Waals surface area contributed by atoms with Crippen LogP contribution >= 0.6 is 23.2 Å². The standard InChI is InChI=1S/C22H23Cl2NO5/c1-4-29-19-12-15(11-18(24)22(19)28-3)5-10-21(27)30-13-20(26)25-14(2)16-6-8-17(23)9-7-16/h5-12,14H,4,13H2,1-3H3,(H,25,26)/b10-5+. The van der Waals surface area contributed by atoms with Gasteiger partial charge in [-0.25, -0.2) is 4.79 Å². The highest BCUT2D eigenvalue weighted by molar-refractivity contribution is 6.32. The summed E-state index contributed by atoms with van der Waals surface area (Å²) in [4.78, 5) is 24.0. The van der Waals surface area contributed by atoms with E-state index in [1.54, 1.807) is 24.3 Å². The van der Waals surface area contributed by atoms with Gasteiger partial charge in [-0.1, -0.05) is 35.3 Å². The zero-order chi connectivity index (χ0) is 22.1. The molecule has 0 bridgehead atoms. The third kappa shape index (κ3) is 6.97.